The van der Waals surface area contributed by atoms with Gasteiger partial charge in [0.15, 0.2) is 0 Å². The van der Waals surface area contributed by atoms with Gasteiger partial charge in [-0.15, -0.1) is 0 Å². The van der Waals surface area contributed by atoms with E-state index in [1.54, 1.807) is 24.3 Å². The van der Waals surface area contributed by atoms with Crippen LogP contribution in [0.5, 0.6) is 0 Å². The number of sulfonamides is 1. The van der Waals surface area contributed by atoms with E-state index in [2.05, 4.69) is 4.72 Å². The lowest BCUT2D eigenvalue weighted by atomic mass is 10.2. The summed E-state index contributed by atoms with van der Waals surface area (Å²) in [4.78, 5) is 0.255. The molecule has 1 atom stereocenters. The smallest absolute Gasteiger partial charge is 0.240 e. The van der Waals surface area contributed by atoms with Crippen molar-refractivity contribution < 1.29 is 13.2 Å². The predicted molar refractivity (Wildman–Crippen MR) is 68.5 cm³/mol. The van der Waals surface area contributed by atoms with Crippen LogP contribution >= 0.6 is 0 Å². The summed E-state index contributed by atoms with van der Waals surface area (Å²) in [5, 5.41) is 0. The molecule has 1 unspecified atom stereocenters. The number of nitrogens with two attached hydrogens (primary N) is 1. The van der Waals surface area contributed by atoms with Crippen molar-refractivity contribution in [3.05, 3.63) is 29.8 Å². The minimum atomic E-state index is -3.50. The maximum atomic E-state index is 12.1. The molecule has 1 saturated heterocycles. The zero-order valence-electron chi connectivity index (χ0n) is 10.1. The quantitative estimate of drug-likeness (QED) is 0.821. The van der Waals surface area contributed by atoms with Crippen molar-refractivity contribution >= 4 is 10.0 Å². The second kappa shape index (κ2) is 5.79. The molecule has 0 aliphatic carbocycles. The monoisotopic (exact) mass is 270 g/mol. The maximum Gasteiger partial charge on any atom is 0.240 e. The molecule has 0 radical (unpaired) electrons. The molecule has 1 fully saturated rings. The maximum absolute atomic E-state index is 12.1. The number of ether oxygens (including phenoxy) is 1. The standard InChI is InChI=1S/C12H18N2O3S/c13-8-10-4-1-2-6-12(10)18(15,16)14-9-11-5-3-7-17-11/h1-2,4,6,11,14H,3,5,7-9,13H2. The average Bonchev–Trinajstić information content (AvgIpc) is 2.89. The molecule has 0 aromatic heterocycles. The van der Waals surface area contributed by atoms with Crippen LogP contribution in [0.1, 0.15) is 18.4 Å². The van der Waals surface area contributed by atoms with Crippen molar-refractivity contribution in [2.24, 2.45) is 5.73 Å². The van der Waals surface area contributed by atoms with Crippen LogP contribution in [0, 0.1) is 0 Å². The van der Waals surface area contributed by atoms with Crippen LogP contribution in [-0.4, -0.2) is 27.7 Å². The van der Waals surface area contributed by atoms with Gasteiger partial charge in [-0.3, -0.25) is 0 Å². The van der Waals surface area contributed by atoms with Gasteiger partial charge in [-0.05, 0) is 24.5 Å². The zero-order valence-corrected chi connectivity index (χ0v) is 10.9. The summed E-state index contributed by atoms with van der Waals surface area (Å²) in [5.41, 5.74) is 6.17. The molecule has 2 rings (SSSR count). The summed E-state index contributed by atoms with van der Waals surface area (Å²) < 4.78 is 32.3. The molecule has 1 aromatic rings. The Morgan fingerprint density at radius 3 is 2.83 bits per heavy atom. The summed E-state index contributed by atoms with van der Waals surface area (Å²) in [6.07, 6.45) is 1.89. The SMILES string of the molecule is NCc1ccccc1S(=O)(=O)NCC1CCCO1. The highest BCUT2D eigenvalue weighted by molar-refractivity contribution is 7.89. The zero-order chi connectivity index (χ0) is 13.0. The van der Waals surface area contributed by atoms with E-state index in [1.165, 1.54) is 0 Å². The minimum Gasteiger partial charge on any atom is -0.377 e. The second-order valence-electron chi connectivity index (χ2n) is 4.30. The largest absolute Gasteiger partial charge is 0.377 e. The Balaban J connectivity index is 2.09. The Morgan fingerprint density at radius 1 is 1.39 bits per heavy atom. The van der Waals surface area contributed by atoms with Crippen molar-refractivity contribution in [1.82, 2.24) is 4.72 Å². The lowest BCUT2D eigenvalue weighted by Gasteiger charge is -2.13. The number of rotatable bonds is 5. The van der Waals surface area contributed by atoms with Crippen molar-refractivity contribution in [2.75, 3.05) is 13.2 Å². The Labute approximate surface area is 107 Å². The van der Waals surface area contributed by atoms with Crippen LogP contribution < -0.4 is 10.5 Å². The molecular weight excluding hydrogens is 252 g/mol. The summed E-state index contributed by atoms with van der Waals surface area (Å²) in [5.74, 6) is 0. The van der Waals surface area contributed by atoms with Gasteiger partial charge in [0.1, 0.15) is 0 Å². The number of nitrogens with one attached hydrogen (secondary N) is 1. The second-order valence-corrected chi connectivity index (χ2v) is 6.03. The van der Waals surface area contributed by atoms with Gasteiger partial charge in [0, 0.05) is 19.7 Å². The van der Waals surface area contributed by atoms with Gasteiger partial charge in [0.2, 0.25) is 10.0 Å². The van der Waals surface area contributed by atoms with E-state index in [1.807, 2.05) is 0 Å². The molecule has 0 bridgehead atoms. The van der Waals surface area contributed by atoms with Crippen molar-refractivity contribution in [3.8, 4) is 0 Å². The molecular formula is C12H18N2O3S. The Morgan fingerprint density at radius 2 is 2.17 bits per heavy atom. The molecule has 6 heteroatoms. The third-order valence-electron chi connectivity index (χ3n) is 3.01. The van der Waals surface area contributed by atoms with Crippen LogP contribution in [0.3, 0.4) is 0 Å². The molecule has 100 valence electrons. The van der Waals surface area contributed by atoms with Gasteiger partial charge in [0.05, 0.1) is 11.0 Å². The number of hydrogen-bond donors (Lipinski definition) is 2. The van der Waals surface area contributed by atoms with Crippen molar-refractivity contribution in [1.29, 1.82) is 0 Å². The first-order valence-electron chi connectivity index (χ1n) is 6.03. The number of benzene rings is 1. The van der Waals surface area contributed by atoms with E-state index in [-0.39, 0.29) is 17.5 Å². The van der Waals surface area contributed by atoms with Crippen LogP contribution in [-0.2, 0) is 21.3 Å². The molecule has 5 nitrogen and oxygen atoms in total. The molecule has 1 aromatic carbocycles. The first-order chi connectivity index (χ1) is 8.63. The first-order valence-corrected chi connectivity index (χ1v) is 7.51. The van der Waals surface area contributed by atoms with Crippen molar-refractivity contribution in [2.45, 2.75) is 30.4 Å². The normalized spacial score (nSPS) is 20.2. The predicted octanol–water partition coefficient (Wildman–Crippen LogP) is 0.603. The Hall–Kier alpha value is -0.950. The Kier molecular flexibility index (Phi) is 4.34. The summed E-state index contributed by atoms with van der Waals surface area (Å²) >= 11 is 0. The lowest BCUT2D eigenvalue weighted by Crippen LogP contribution is -2.32. The first kappa shape index (κ1) is 13.5. The summed E-state index contributed by atoms with van der Waals surface area (Å²) in [6.45, 7) is 1.24. The lowest BCUT2D eigenvalue weighted by molar-refractivity contribution is 0.114. The van der Waals surface area contributed by atoms with E-state index in [9.17, 15) is 8.42 Å². The molecule has 0 saturated carbocycles. The highest BCUT2D eigenvalue weighted by atomic mass is 32.2. The van der Waals surface area contributed by atoms with E-state index >= 15 is 0 Å². The van der Waals surface area contributed by atoms with Crippen molar-refractivity contribution in [3.63, 3.8) is 0 Å². The van der Waals surface area contributed by atoms with E-state index < -0.39 is 10.0 Å². The van der Waals surface area contributed by atoms with Crippen LogP contribution in [0.25, 0.3) is 0 Å². The molecule has 1 heterocycles. The molecule has 0 amide bonds. The van der Waals surface area contributed by atoms with E-state index in [0.29, 0.717) is 18.7 Å². The van der Waals surface area contributed by atoms with Crippen LogP contribution in [0.4, 0.5) is 0 Å². The van der Waals surface area contributed by atoms with Gasteiger partial charge < -0.3 is 10.5 Å². The van der Waals surface area contributed by atoms with Gasteiger partial charge in [0.25, 0.3) is 0 Å². The van der Waals surface area contributed by atoms with E-state index in [0.717, 1.165) is 12.8 Å². The van der Waals surface area contributed by atoms with Gasteiger partial charge in [-0.1, -0.05) is 18.2 Å². The summed E-state index contributed by atoms with van der Waals surface area (Å²) in [6, 6.07) is 6.77. The highest BCUT2D eigenvalue weighted by Crippen LogP contribution is 2.16. The molecule has 0 spiro atoms. The van der Waals surface area contributed by atoms with E-state index in [4.69, 9.17) is 10.5 Å². The molecule has 1 aliphatic heterocycles. The highest BCUT2D eigenvalue weighted by Gasteiger charge is 2.21. The van der Waals surface area contributed by atoms with Gasteiger partial charge in [-0.25, -0.2) is 13.1 Å². The molecule has 1 aliphatic rings. The fraction of sp³-hybridized carbons (Fsp3) is 0.500. The van der Waals surface area contributed by atoms with Crippen LogP contribution in [0.2, 0.25) is 0 Å². The average molecular weight is 270 g/mol. The third kappa shape index (κ3) is 3.08. The minimum absolute atomic E-state index is 0.00943. The Bertz CT molecular complexity index is 496. The van der Waals surface area contributed by atoms with Gasteiger partial charge in [-0.2, -0.15) is 0 Å². The summed E-state index contributed by atoms with van der Waals surface area (Å²) in [7, 11) is -3.50. The fourth-order valence-electron chi connectivity index (χ4n) is 2.02. The third-order valence-corrected chi connectivity index (χ3v) is 4.53. The van der Waals surface area contributed by atoms with Crippen LogP contribution in [0.15, 0.2) is 29.2 Å². The fourth-order valence-corrected chi connectivity index (χ4v) is 3.34. The molecule has 3 N–H and O–H groups in total. The van der Waals surface area contributed by atoms with Gasteiger partial charge >= 0.3 is 0 Å². The molecule has 18 heavy (non-hydrogen) atoms. The topological polar surface area (TPSA) is 81.4 Å². The number of hydrogen-bond acceptors (Lipinski definition) is 4.